The maximum Gasteiger partial charge on any atom is 0.286 e. The van der Waals surface area contributed by atoms with Crippen molar-refractivity contribution in [2.75, 3.05) is 19.6 Å². The number of hydrogen-bond acceptors (Lipinski definition) is 5. The summed E-state index contributed by atoms with van der Waals surface area (Å²) in [5.41, 5.74) is 1.43. The average Bonchev–Trinajstić information content (AvgIpc) is 2.59. The zero-order valence-corrected chi connectivity index (χ0v) is 18.0. The molecule has 5 nitrogen and oxygen atoms in total. The van der Waals surface area contributed by atoms with Gasteiger partial charge in [0.05, 0.1) is 0 Å². The van der Waals surface area contributed by atoms with E-state index in [-0.39, 0.29) is 10.3 Å². The minimum absolute atomic E-state index is 0.105. The topological polar surface area (TPSA) is 58.6 Å². The summed E-state index contributed by atoms with van der Waals surface area (Å²) in [6.45, 7) is 12.7. The van der Waals surface area contributed by atoms with Gasteiger partial charge in [0.2, 0.25) is 8.32 Å². The molecule has 1 aliphatic rings. The van der Waals surface area contributed by atoms with Crippen molar-refractivity contribution in [3.63, 3.8) is 0 Å². The molecule has 0 aromatic heterocycles. The number of hydrogen-bond donors (Lipinski definition) is 1. The Bertz CT molecular complexity index is 692. The average molecular weight is 393 g/mol. The Kier molecular flexibility index (Phi) is 6.74. The lowest BCUT2D eigenvalue weighted by atomic mass is 10.2. The van der Waals surface area contributed by atoms with E-state index in [4.69, 9.17) is 4.43 Å². The third kappa shape index (κ3) is 5.24. The first-order valence-electron chi connectivity index (χ1n) is 8.81. The van der Waals surface area contributed by atoms with Crippen molar-refractivity contribution in [1.29, 1.82) is 0 Å². The Hall–Kier alpha value is -1.53. The Balaban J connectivity index is 1.93. The summed E-state index contributed by atoms with van der Waals surface area (Å²) in [5, 5.41) is 3.12. The van der Waals surface area contributed by atoms with Gasteiger partial charge in [-0.3, -0.25) is 9.69 Å². The van der Waals surface area contributed by atoms with E-state index < -0.39 is 8.32 Å². The summed E-state index contributed by atoms with van der Waals surface area (Å²) in [7, 11) is -1.85. The molecule has 7 heteroatoms. The predicted octanol–water partition coefficient (Wildman–Crippen LogP) is 4.04. The van der Waals surface area contributed by atoms with E-state index in [1.807, 2.05) is 30.2 Å². The lowest BCUT2D eigenvalue weighted by Crippen LogP contribution is -2.43. The largest absolute Gasteiger partial charge is 0.544 e. The fourth-order valence-corrected chi connectivity index (χ4v) is 4.12. The molecule has 1 aromatic rings. The maximum atomic E-state index is 12.3. The molecule has 142 valence electrons. The van der Waals surface area contributed by atoms with Gasteiger partial charge < -0.3 is 9.74 Å². The molecule has 0 unspecified atom stereocenters. The summed E-state index contributed by atoms with van der Waals surface area (Å²) in [4.78, 5) is 24.8. The molecule has 0 spiro atoms. The summed E-state index contributed by atoms with van der Waals surface area (Å²) in [5.74, 6) is 3.30. The number of nitrogens with zero attached hydrogens (tertiary/aromatic N) is 1. The molecule has 1 saturated heterocycles. The third-order valence-corrected chi connectivity index (χ3v) is 10.2. The number of piperazine rings is 1. The van der Waals surface area contributed by atoms with Gasteiger partial charge in [-0.1, -0.05) is 44.7 Å². The normalized spacial score (nSPS) is 15.6. The van der Waals surface area contributed by atoms with Gasteiger partial charge in [0, 0.05) is 25.4 Å². The van der Waals surface area contributed by atoms with Crippen LogP contribution in [0.3, 0.4) is 0 Å². The highest BCUT2D eigenvalue weighted by atomic mass is 32.2. The van der Waals surface area contributed by atoms with E-state index in [1.165, 1.54) is 16.7 Å². The summed E-state index contributed by atoms with van der Waals surface area (Å²) < 4.78 is 6.27. The molecule has 1 aromatic carbocycles. The Morgan fingerprint density at radius 3 is 2.54 bits per heavy atom. The molecule has 1 N–H and O–H groups in total. The minimum atomic E-state index is -1.85. The second-order valence-corrected chi connectivity index (χ2v) is 13.6. The van der Waals surface area contributed by atoms with E-state index in [2.05, 4.69) is 39.2 Å². The van der Waals surface area contributed by atoms with Crippen LogP contribution >= 0.6 is 11.8 Å². The number of benzene rings is 1. The standard InChI is InChI=1S/C19H28N2O3SSi/c1-19(2,3)26(4,5)24-17-8-6-15(7-9-17)14-25-18(23)21-11-10-20-12-16(21)13-22/h6-9,20H,10-12,14H2,1-5H3. The zero-order chi connectivity index (χ0) is 19.4. The second kappa shape index (κ2) is 8.44. The maximum absolute atomic E-state index is 12.3. The van der Waals surface area contributed by atoms with E-state index >= 15 is 0 Å². The van der Waals surface area contributed by atoms with Gasteiger partial charge in [0.25, 0.3) is 5.24 Å². The first kappa shape index (κ1) is 20.8. The van der Waals surface area contributed by atoms with Crippen molar-refractivity contribution >= 4 is 31.3 Å². The summed E-state index contributed by atoms with van der Waals surface area (Å²) in [6.07, 6.45) is 0. The van der Waals surface area contributed by atoms with Crippen LogP contribution in [0.5, 0.6) is 5.75 Å². The Labute approximate surface area is 161 Å². The number of carbonyl (C=O) groups excluding carboxylic acids is 2. The van der Waals surface area contributed by atoms with Crippen molar-refractivity contribution in [3.8, 4) is 5.75 Å². The van der Waals surface area contributed by atoms with Crippen molar-refractivity contribution in [2.24, 2.45) is 0 Å². The first-order valence-corrected chi connectivity index (χ1v) is 12.7. The lowest BCUT2D eigenvalue weighted by Gasteiger charge is -2.36. The lowest BCUT2D eigenvalue weighted by molar-refractivity contribution is 0.230. The van der Waals surface area contributed by atoms with E-state index in [1.54, 1.807) is 0 Å². The molecule has 1 amide bonds. The third-order valence-electron chi connectivity index (χ3n) is 4.93. The number of carbonyl (C=O) groups is 1. The smallest absolute Gasteiger partial charge is 0.286 e. The fourth-order valence-electron chi connectivity index (χ4n) is 2.25. The molecule has 1 fully saturated rings. The molecular weight excluding hydrogens is 364 g/mol. The molecule has 0 atom stereocenters. The van der Waals surface area contributed by atoms with Crippen LogP contribution in [0.25, 0.3) is 0 Å². The van der Waals surface area contributed by atoms with Gasteiger partial charge in [-0.2, -0.15) is 0 Å². The van der Waals surface area contributed by atoms with E-state index in [9.17, 15) is 9.59 Å². The van der Waals surface area contributed by atoms with Crippen molar-refractivity contribution in [2.45, 2.75) is 44.7 Å². The van der Waals surface area contributed by atoms with Crippen LogP contribution in [0.4, 0.5) is 4.79 Å². The molecule has 1 heterocycles. The first-order chi connectivity index (χ1) is 12.1. The van der Waals surface area contributed by atoms with Gasteiger partial charge >= 0.3 is 0 Å². The molecule has 0 radical (unpaired) electrons. The van der Waals surface area contributed by atoms with E-state index in [0.29, 0.717) is 31.1 Å². The van der Waals surface area contributed by atoms with Gasteiger partial charge in [0.1, 0.15) is 17.4 Å². The van der Waals surface area contributed by atoms with Crippen LogP contribution in [0, 0.1) is 0 Å². The fraction of sp³-hybridized carbons (Fsp3) is 0.526. The highest BCUT2D eigenvalue weighted by molar-refractivity contribution is 8.12. The molecule has 0 bridgehead atoms. The van der Waals surface area contributed by atoms with Crippen molar-refractivity contribution < 1.29 is 14.0 Å². The number of amides is 1. The SMILES string of the molecule is CC(C)(C)[Si](C)(C)Oc1ccc(CSC(=O)N2CCNCC2=C=O)cc1. The van der Waals surface area contributed by atoms with Crippen LogP contribution in [0.1, 0.15) is 26.3 Å². The Morgan fingerprint density at radius 1 is 1.31 bits per heavy atom. The highest BCUT2D eigenvalue weighted by Crippen LogP contribution is 2.37. The van der Waals surface area contributed by atoms with Crippen LogP contribution in [0.2, 0.25) is 18.1 Å². The molecule has 0 aliphatic carbocycles. The predicted molar refractivity (Wildman–Crippen MR) is 110 cm³/mol. The molecule has 1 aliphatic heterocycles. The quantitative estimate of drug-likeness (QED) is 0.619. The molecule has 2 rings (SSSR count). The van der Waals surface area contributed by atoms with Crippen LogP contribution in [0.15, 0.2) is 30.0 Å². The van der Waals surface area contributed by atoms with Crippen LogP contribution < -0.4 is 9.74 Å². The number of thioether (sulfide) groups is 1. The Morgan fingerprint density at radius 2 is 1.96 bits per heavy atom. The molecule has 26 heavy (non-hydrogen) atoms. The zero-order valence-electron chi connectivity index (χ0n) is 16.2. The van der Waals surface area contributed by atoms with Crippen molar-refractivity contribution in [1.82, 2.24) is 10.2 Å². The number of nitrogens with one attached hydrogen (secondary N) is 1. The number of rotatable bonds is 4. The van der Waals surface area contributed by atoms with Crippen molar-refractivity contribution in [3.05, 3.63) is 35.5 Å². The van der Waals surface area contributed by atoms with Gasteiger partial charge in [0.15, 0.2) is 0 Å². The molecular formula is C19H28N2O3SSi. The van der Waals surface area contributed by atoms with Gasteiger partial charge in [-0.25, -0.2) is 4.79 Å². The van der Waals surface area contributed by atoms with Crippen LogP contribution in [-0.4, -0.2) is 44.0 Å². The molecule has 0 saturated carbocycles. The van der Waals surface area contributed by atoms with Gasteiger partial charge in [-0.15, -0.1) is 0 Å². The van der Waals surface area contributed by atoms with Crippen LogP contribution in [-0.2, 0) is 10.5 Å². The summed E-state index contributed by atoms with van der Waals surface area (Å²) >= 11 is 1.21. The minimum Gasteiger partial charge on any atom is -0.544 e. The van der Waals surface area contributed by atoms with Gasteiger partial charge in [-0.05, 0) is 35.8 Å². The summed E-state index contributed by atoms with van der Waals surface area (Å²) in [6, 6.07) is 7.94. The second-order valence-electron chi connectivity index (χ2n) is 7.94. The highest BCUT2D eigenvalue weighted by Gasteiger charge is 2.38. The monoisotopic (exact) mass is 392 g/mol. The van der Waals surface area contributed by atoms with E-state index in [0.717, 1.165) is 11.3 Å².